The van der Waals surface area contributed by atoms with Crippen LogP contribution in [0.4, 0.5) is 0 Å². The second-order valence-corrected chi connectivity index (χ2v) is 2.71. The monoisotopic (exact) mass is 142 g/mol. The van der Waals surface area contributed by atoms with E-state index in [2.05, 4.69) is 0 Å². The number of hydrogen-bond acceptors (Lipinski definition) is 2. The van der Waals surface area contributed by atoms with Crippen LogP contribution < -0.4 is 0 Å². The predicted octanol–water partition coefficient (Wildman–Crippen LogP) is 2.06. The summed E-state index contributed by atoms with van der Waals surface area (Å²) in [7, 11) is 0. The third kappa shape index (κ3) is 2.21. The molecule has 0 atom stereocenters. The van der Waals surface area contributed by atoms with E-state index in [9.17, 15) is 4.79 Å². The molecule has 0 spiro atoms. The van der Waals surface area contributed by atoms with Gasteiger partial charge in [0, 0.05) is 5.57 Å². The summed E-state index contributed by atoms with van der Waals surface area (Å²) in [6, 6.07) is 0. The molecule has 1 N–H and O–H groups in total. The molecule has 0 aliphatic heterocycles. The summed E-state index contributed by atoms with van der Waals surface area (Å²) in [6.45, 7) is 6.78. The Balaban J connectivity index is 4.61. The zero-order valence-corrected chi connectivity index (χ0v) is 6.93. The normalized spacial score (nSPS) is 13.3. The van der Waals surface area contributed by atoms with Crippen LogP contribution in [0.15, 0.2) is 11.3 Å². The van der Waals surface area contributed by atoms with E-state index < -0.39 is 0 Å². The molecule has 0 saturated carbocycles. The van der Waals surface area contributed by atoms with Gasteiger partial charge in [-0.15, -0.1) is 0 Å². The molecule has 0 radical (unpaired) electrons. The molecule has 2 nitrogen and oxygen atoms in total. The molecular formula is C8H14O2. The zero-order chi connectivity index (χ0) is 8.31. The second-order valence-electron chi connectivity index (χ2n) is 2.71. The van der Waals surface area contributed by atoms with Crippen molar-refractivity contribution in [1.29, 1.82) is 0 Å². The maximum absolute atomic E-state index is 10.8. The van der Waals surface area contributed by atoms with E-state index in [0.29, 0.717) is 5.57 Å². The van der Waals surface area contributed by atoms with Gasteiger partial charge in [0.25, 0.3) is 0 Å². The van der Waals surface area contributed by atoms with Crippen molar-refractivity contribution in [2.45, 2.75) is 27.7 Å². The summed E-state index contributed by atoms with van der Waals surface area (Å²) >= 11 is 0. The molecule has 10 heavy (non-hydrogen) atoms. The number of rotatable bonds is 2. The average molecular weight is 142 g/mol. The van der Waals surface area contributed by atoms with Crippen molar-refractivity contribution in [3.8, 4) is 0 Å². The standard InChI is InChI=1S/C8H14O2/c1-5(2)8(6(3)9)7(4)10/h5,9H,1-4H3/b8-6+. The van der Waals surface area contributed by atoms with Crippen molar-refractivity contribution in [2.75, 3.05) is 0 Å². The molecule has 0 saturated heterocycles. The Morgan fingerprint density at radius 2 is 1.70 bits per heavy atom. The molecule has 0 unspecified atom stereocenters. The van der Waals surface area contributed by atoms with E-state index in [1.54, 1.807) is 0 Å². The van der Waals surface area contributed by atoms with Crippen LogP contribution in [-0.2, 0) is 4.79 Å². The SMILES string of the molecule is CC(=O)/C(=C(\C)O)C(C)C. The smallest absolute Gasteiger partial charge is 0.159 e. The fourth-order valence-electron chi connectivity index (χ4n) is 1.08. The summed E-state index contributed by atoms with van der Waals surface area (Å²) < 4.78 is 0. The molecule has 0 aliphatic rings. The number of hydrogen-bond donors (Lipinski definition) is 1. The van der Waals surface area contributed by atoms with Crippen molar-refractivity contribution < 1.29 is 9.90 Å². The Kier molecular flexibility index (Phi) is 3.13. The van der Waals surface area contributed by atoms with Crippen molar-refractivity contribution >= 4 is 5.78 Å². The van der Waals surface area contributed by atoms with Crippen molar-refractivity contribution in [3.05, 3.63) is 11.3 Å². The Labute approximate surface area is 61.6 Å². The van der Waals surface area contributed by atoms with Crippen LogP contribution in [0.1, 0.15) is 27.7 Å². The molecule has 0 amide bonds. The first-order valence-corrected chi connectivity index (χ1v) is 3.37. The third-order valence-electron chi connectivity index (χ3n) is 1.35. The van der Waals surface area contributed by atoms with Gasteiger partial charge >= 0.3 is 0 Å². The number of Topliss-reactive ketones (excluding diaryl/α,β-unsaturated/α-hetero) is 1. The molecule has 0 aliphatic carbocycles. The molecule has 0 bridgehead atoms. The predicted molar refractivity (Wildman–Crippen MR) is 40.8 cm³/mol. The zero-order valence-electron chi connectivity index (χ0n) is 6.93. The number of ketones is 1. The number of aliphatic hydroxyl groups is 1. The summed E-state index contributed by atoms with van der Waals surface area (Å²) in [5, 5.41) is 9.01. The third-order valence-corrected chi connectivity index (χ3v) is 1.35. The topological polar surface area (TPSA) is 37.3 Å². The van der Waals surface area contributed by atoms with Gasteiger partial charge < -0.3 is 5.11 Å². The second kappa shape index (κ2) is 3.40. The summed E-state index contributed by atoms with van der Waals surface area (Å²) in [5.74, 6) is 0.208. The fourth-order valence-corrected chi connectivity index (χ4v) is 1.08. The van der Waals surface area contributed by atoms with Crippen LogP contribution in [0, 0.1) is 5.92 Å². The molecule has 0 aromatic carbocycles. The molecule has 0 fully saturated rings. The molecule has 0 aromatic heterocycles. The van der Waals surface area contributed by atoms with E-state index in [4.69, 9.17) is 5.11 Å². The minimum absolute atomic E-state index is 0.0463. The van der Waals surface area contributed by atoms with Crippen LogP contribution in [0.3, 0.4) is 0 Å². The summed E-state index contributed by atoms with van der Waals surface area (Å²) in [6.07, 6.45) is 0. The molecule has 0 aromatic rings. The van der Waals surface area contributed by atoms with Crippen LogP contribution in [0.2, 0.25) is 0 Å². The lowest BCUT2D eigenvalue weighted by Gasteiger charge is -2.07. The summed E-state index contributed by atoms with van der Waals surface area (Å²) in [4.78, 5) is 10.8. The Morgan fingerprint density at radius 1 is 1.30 bits per heavy atom. The minimum Gasteiger partial charge on any atom is -0.512 e. The largest absolute Gasteiger partial charge is 0.512 e. The van der Waals surface area contributed by atoms with E-state index in [0.717, 1.165) is 0 Å². The number of carbonyl (C=O) groups is 1. The van der Waals surface area contributed by atoms with E-state index in [1.807, 2.05) is 13.8 Å². The fraction of sp³-hybridized carbons (Fsp3) is 0.625. The van der Waals surface area contributed by atoms with Gasteiger partial charge in [-0.2, -0.15) is 0 Å². The highest BCUT2D eigenvalue weighted by Gasteiger charge is 2.11. The maximum Gasteiger partial charge on any atom is 0.159 e. The van der Waals surface area contributed by atoms with Gasteiger partial charge in [-0.25, -0.2) is 0 Å². The lowest BCUT2D eigenvalue weighted by atomic mass is 9.99. The lowest BCUT2D eigenvalue weighted by Crippen LogP contribution is -2.06. The molecular weight excluding hydrogens is 128 g/mol. The lowest BCUT2D eigenvalue weighted by molar-refractivity contribution is -0.114. The van der Waals surface area contributed by atoms with Gasteiger partial charge in [-0.3, -0.25) is 4.79 Å². The van der Waals surface area contributed by atoms with E-state index in [-0.39, 0.29) is 17.5 Å². The van der Waals surface area contributed by atoms with Gasteiger partial charge in [0.15, 0.2) is 5.78 Å². The number of allylic oxidation sites excluding steroid dienone is 2. The van der Waals surface area contributed by atoms with E-state index in [1.165, 1.54) is 13.8 Å². The molecule has 0 rings (SSSR count). The average Bonchev–Trinajstić information content (AvgIpc) is 1.59. The molecule has 58 valence electrons. The first kappa shape index (κ1) is 9.21. The van der Waals surface area contributed by atoms with Crippen LogP contribution in [0.25, 0.3) is 0 Å². The van der Waals surface area contributed by atoms with Gasteiger partial charge in [0.1, 0.15) is 0 Å². The van der Waals surface area contributed by atoms with Crippen molar-refractivity contribution in [3.63, 3.8) is 0 Å². The van der Waals surface area contributed by atoms with Crippen LogP contribution >= 0.6 is 0 Å². The Morgan fingerprint density at radius 3 is 1.70 bits per heavy atom. The first-order chi connectivity index (χ1) is 4.46. The molecule has 2 heteroatoms. The van der Waals surface area contributed by atoms with E-state index >= 15 is 0 Å². The van der Waals surface area contributed by atoms with Crippen molar-refractivity contribution in [2.24, 2.45) is 5.92 Å². The number of aliphatic hydroxyl groups excluding tert-OH is 1. The highest BCUT2D eigenvalue weighted by atomic mass is 16.3. The minimum atomic E-state index is -0.0463. The Hall–Kier alpha value is -0.790. The highest BCUT2D eigenvalue weighted by Crippen LogP contribution is 2.13. The van der Waals surface area contributed by atoms with Crippen LogP contribution in [-0.4, -0.2) is 10.9 Å². The van der Waals surface area contributed by atoms with Gasteiger partial charge in [-0.05, 0) is 19.8 Å². The highest BCUT2D eigenvalue weighted by molar-refractivity contribution is 5.93. The van der Waals surface area contributed by atoms with Gasteiger partial charge in [0.2, 0.25) is 0 Å². The van der Waals surface area contributed by atoms with Crippen molar-refractivity contribution in [1.82, 2.24) is 0 Å². The number of carbonyl (C=O) groups excluding carboxylic acids is 1. The van der Waals surface area contributed by atoms with Crippen LogP contribution in [0.5, 0.6) is 0 Å². The summed E-state index contributed by atoms with van der Waals surface area (Å²) in [5.41, 5.74) is 0.528. The Bertz CT molecular complexity index is 162. The maximum atomic E-state index is 10.8. The molecule has 0 heterocycles. The van der Waals surface area contributed by atoms with Gasteiger partial charge in [0.05, 0.1) is 5.76 Å². The van der Waals surface area contributed by atoms with Gasteiger partial charge in [-0.1, -0.05) is 13.8 Å². The quantitative estimate of drug-likeness (QED) is 0.473. The first-order valence-electron chi connectivity index (χ1n) is 3.37.